The highest BCUT2D eigenvalue weighted by Crippen LogP contribution is 2.10. The van der Waals surface area contributed by atoms with Crippen molar-refractivity contribution >= 4 is 11.6 Å². The number of nitrogens with two attached hydrogens (primary N) is 1. The van der Waals surface area contributed by atoms with Crippen molar-refractivity contribution in [3.05, 3.63) is 29.8 Å². The van der Waals surface area contributed by atoms with Gasteiger partial charge in [-0.05, 0) is 24.1 Å². The Morgan fingerprint density at radius 2 is 2.21 bits per heavy atom. The summed E-state index contributed by atoms with van der Waals surface area (Å²) in [6.45, 7) is -0.0219. The third kappa shape index (κ3) is 6.83. The lowest BCUT2D eigenvalue weighted by atomic mass is 10.2. The molecule has 0 aliphatic carbocycles. The normalized spacial score (nSPS) is 10.7. The van der Waals surface area contributed by atoms with Crippen LogP contribution in [0.15, 0.2) is 24.3 Å². The maximum atomic E-state index is 11.8. The Balaban J connectivity index is 2.23. The Morgan fingerprint density at radius 1 is 1.42 bits per heavy atom. The molecule has 0 saturated heterocycles. The summed E-state index contributed by atoms with van der Waals surface area (Å²) in [5.41, 5.74) is 7.11. The fourth-order valence-electron chi connectivity index (χ4n) is 1.51. The second-order valence-electron chi connectivity index (χ2n) is 4.02. The highest BCUT2D eigenvalue weighted by Gasteiger charge is 2.04. The van der Waals surface area contributed by atoms with Crippen LogP contribution in [0.4, 0.5) is 14.5 Å². The summed E-state index contributed by atoms with van der Waals surface area (Å²) in [5.74, 6) is -0.171. The van der Waals surface area contributed by atoms with Gasteiger partial charge >= 0.3 is 0 Å². The first-order chi connectivity index (χ1) is 9.11. The van der Waals surface area contributed by atoms with Crippen LogP contribution in [0.1, 0.15) is 18.4 Å². The molecule has 1 aromatic rings. The van der Waals surface area contributed by atoms with Gasteiger partial charge < -0.3 is 15.8 Å². The Bertz CT molecular complexity index is 400. The number of amides is 1. The standard InChI is InChI=1S/C13H18F2N2O2/c14-12(15)9-19-6-2-5-13(18)17-11-4-1-3-10(7-11)8-16/h1,3-4,7,12H,2,5-6,8-9,16H2,(H,17,18). The molecular weight excluding hydrogens is 254 g/mol. The molecule has 1 aromatic carbocycles. The molecule has 0 saturated carbocycles. The van der Waals surface area contributed by atoms with Crippen LogP contribution in [-0.2, 0) is 16.1 Å². The predicted octanol–water partition coefficient (Wildman–Crippen LogP) is 2.15. The topological polar surface area (TPSA) is 64.3 Å². The maximum absolute atomic E-state index is 11.8. The van der Waals surface area contributed by atoms with Crippen LogP contribution >= 0.6 is 0 Å². The third-order valence-electron chi connectivity index (χ3n) is 2.38. The number of anilines is 1. The van der Waals surface area contributed by atoms with E-state index in [1.54, 1.807) is 12.1 Å². The van der Waals surface area contributed by atoms with Crippen LogP contribution in [0, 0.1) is 0 Å². The number of ether oxygens (including phenoxy) is 1. The van der Waals surface area contributed by atoms with E-state index < -0.39 is 13.0 Å². The second kappa shape index (κ2) is 8.55. The lowest BCUT2D eigenvalue weighted by Crippen LogP contribution is -2.13. The highest BCUT2D eigenvalue weighted by molar-refractivity contribution is 5.90. The van der Waals surface area contributed by atoms with Gasteiger partial charge in [-0.2, -0.15) is 0 Å². The summed E-state index contributed by atoms with van der Waals surface area (Å²) in [6, 6.07) is 7.24. The van der Waals surface area contributed by atoms with E-state index in [-0.39, 0.29) is 18.9 Å². The van der Waals surface area contributed by atoms with Gasteiger partial charge in [0.1, 0.15) is 6.61 Å². The molecule has 1 rings (SSSR count). The molecule has 0 aliphatic rings. The summed E-state index contributed by atoms with van der Waals surface area (Å²) < 4.78 is 28.2. The van der Waals surface area contributed by atoms with E-state index in [0.717, 1.165) is 5.56 Å². The van der Waals surface area contributed by atoms with E-state index >= 15 is 0 Å². The van der Waals surface area contributed by atoms with Gasteiger partial charge in [0, 0.05) is 25.3 Å². The molecule has 0 atom stereocenters. The van der Waals surface area contributed by atoms with Crippen molar-refractivity contribution in [1.29, 1.82) is 0 Å². The number of hydrogen-bond donors (Lipinski definition) is 2. The van der Waals surface area contributed by atoms with Crippen LogP contribution in [0.25, 0.3) is 0 Å². The lowest BCUT2D eigenvalue weighted by molar-refractivity contribution is -0.116. The van der Waals surface area contributed by atoms with Gasteiger partial charge in [0.05, 0.1) is 0 Å². The molecule has 6 heteroatoms. The van der Waals surface area contributed by atoms with Crippen molar-refractivity contribution in [3.8, 4) is 0 Å². The van der Waals surface area contributed by atoms with Crippen molar-refractivity contribution in [1.82, 2.24) is 0 Å². The molecule has 0 heterocycles. The van der Waals surface area contributed by atoms with Crippen molar-refractivity contribution in [2.45, 2.75) is 25.8 Å². The average Bonchev–Trinajstić information content (AvgIpc) is 2.38. The van der Waals surface area contributed by atoms with Crippen LogP contribution in [-0.4, -0.2) is 25.5 Å². The van der Waals surface area contributed by atoms with Gasteiger partial charge in [0.15, 0.2) is 0 Å². The first-order valence-electron chi connectivity index (χ1n) is 6.06. The van der Waals surface area contributed by atoms with Gasteiger partial charge in [-0.3, -0.25) is 4.79 Å². The van der Waals surface area contributed by atoms with Gasteiger partial charge in [-0.1, -0.05) is 12.1 Å². The quantitative estimate of drug-likeness (QED) is 0.713. The second-order valence-corrected chi connectivity index (χ2v) is 4.02. The molecule has 0 fully saturated rings. The van der Waals surface area contributed by atoms with Crippen molar-refractivity contribution < 1.29 is 18.3 Å². The van der Waals surface area contributed by atoms with Crippen LogP contribution in [0.3, 0.4) is 0 Å². The van der Waals surface area contributed by atoms with Crippen LogP contribution in [0.5, 0.6) is 0 Å². The summed E-state index contributed by atoms with van der Waals surface area (Å²) in [4.78, 5) is 11.6. The SMILES string of the molecule is NCc1cccc(NC(=O)CCCOCC(F)F)c1. The summed E-state index contributed by atoms with van der Waals surface area (Å²) in [7, 11) is 0. The Morgan fingerprint density at radius 3 is 2.89 bits per heavy atom. The molecule has 0 bridgehead atoms. The van der Waals surface area contributed by atoms with Gasteiger partial charge in [0.2, 0.25) is 5.91 Å². The zero-order valence-corrected chi connectivity index (χ0v) is 10.6. The van der Waals surface area contributed by atoms with Crippen molar-refractivity contribution in [2.24, 2.45) is 5.73 Å². The predicted molar refractivity (Wildman–Crippen MR) is 69.0 cm³/mol. The number of rotatable bonds is 8. The molecule has 0 unspecified atom stereocenters. The fourth-order valence-corrected chi connectivity index (χ4v) is 1.51. The number of alkyl halides is 2. The molecular formula is C13H18F2N2O2. The molecule has 0 spiro atoms. The van der Waals surface area contributed by atoms with E-state index in [2.05, 4.69) is 10.1 Å². The molecule has 0 aliphatic heterocycles. The lowest BCUT2D eigenvalue weighted by Gasteiger charge is -2.07. The van der Waals surface area contributed by atoms with E-state index in [1.807, 2.05) is 12.1 Å². The summed E-state index contributed by atoms with van der Waals surface area (Å²) in [5, 5.41) is 2.72. The number of hydrogen-bond acceptors (Lipinski definition) is 3. The highest BCUT2D eigenvalue weighted by atomic mass is 19.3. The zero-order valence-electron chi connectivity index (χ0n) is 10.6. The Kier molecular flexibility index (Phi) is 6.99. The molecule has 3 N–H and O–H groups in total. The van der Waals surface area contributed by atoms with Gasteiger partial charge in [0.25, 0.3) is 6.43 Å². The van der Waals surface area contributed by atoms with E-state index in [9.17, 15) is 13.6 Å². The average molecular weight is 272 g/mol. The minimum absolute atomic E-state index is 0.153. The smallest absolute Gasteiger partial charge is 0.261 e. The number of nitrogens with one attached hydrogen (secondary N) is 1. The van der Waals surface area contributed by atoms with Gasteiger partial charge in [-0.15, -0.1) is 0 Å². The van der Waals surface area contributed by atoms with E-state index in [4.69, 9.17) is 5.73 Å². The van der Waals surface area contributed by atoms with Crippen LogP contribution < -0.4 is 11.1 Å². The first-order valence-corrected chi connectivity index (χ1v) is 6.06. The fraction of sp³-hybridized carbons (Fsp3) is 0.462. The molecule has 4 nitrogen and oxygen atoms in total. The Hall–Kier alpha value is -1.53. The van der Waals surface area contributed by atoms with E-state index in [1.165, 1.54) is 0 Å². The molecule has 0 aromatic heterocycles. The van der Waals surface area contributed by atoms with Crippen molar-refractivity contribution in [2.75, 3.05) is 18.5 Å². The minimum Gasteiger partial charge on any atom is -0.376 e. The molecule has 19 heavy (non-hydrogen) atoms. The van der Waals surface area contributed by atoms with Crippen LogP contribution in [0.2, 0.25) is 0 Å². The van der Waals surface area contributed by atoms with Gasteiger partial charge in [-0.25, -0.2) is 8.78 Å². The number of carbonyl (C=O) groups excluding carboxylic acids is 1. The maximum Gasteiger partial charge on any atom is 0.261 e. The monoisotopic (exact) mass is 272 g/mol. The number of halogens is 2. The molecule has 106 valence electrons. The number of carbonyl (C=O) groups is 1. The zero-order chi connectivity index (χ0) is 14.1. The minimum atomic E-state index is -2.46. The van der Waals surface area contributed by atoms with E-state index in [0.29, 0.717) is 18.7 Å². The molecule has 1 amide bonds. The Labute approximate surface area is 110 Å². The van der Waals surface area contributed by atoms with Crippen molar-refractivity contribution in [3.63, 3.8) is 0 Å². The molecule has 0 radical (unpaired) electrons. The first kappa shape index (κ1) is 15.5. The third-order valence-corrected chi connectivity index (χ3v) is 2.38. The summed E-state index contributed by atoms with van der Waals surface area (Å²) >= 11 is 0. The number of benzene rings is 1. The summed E-state index contributed by atoms with van der Waals surface area (Å²) in [6.07, 6.45) is -1.82. The largest absolute Gasteiger partial charge is 0.376 e.